The molecule has 19 heavy (non-hydrogen) atoms. The van der Waals surface area contributed by atoms with Gasteiger partial charge in [0.25, 0.3) is 0 Å². The molecule has 1 N–H and O–H groups in total. The monoisotopic (exact) mass is 281 g/mol. The van der Waals surface area contributed by atoms with Crippen LogP contribution in [0.15, 0.2) is 16.8 Å². The van der Waals surface area contributed by atoms with E-state index in [9.17, 15) is 4.79 Å². The van der Waals surface area contributed by atoms with Gasteiger partial charge < -0.3 is 14.8 Å². The van der Waals surface area contributed by atoms with Crippen LogP contribution in [-0.2, 0) is 20.7 Å². The van der Waals surface area contributed by atoms with Crippen LogP contribution in [0.3, 0.4) is 0 Å². The van der Waals surface area contributed by atoms with Crippen LogP contribution in [0.4, 0.5) is 0 Å². The summed E-state index contributed by atoms with van der Waals surface area (Å²) in [4.78, 5) is 11.9. The van der Waals surface area contributed by atoms with Crippen molar-refractivity contribution in [3.63, 3.8) is 0 Å². The van der Waals surface area contributed by atoms with Gasteiger partial charge in [0.05, 0.1) is 19.6 Å². The van der Waals surface area contributed by atoms with E-state index in [4.69, 9.17) is 9.47 Å². The number of carbonyl (C=O) groups is 1. The number of rotatable bonds is 3. The van der Waals surface area contributed by atoms with Gasteiger partial charge in [-0.1, -0.05) is 0 Å². The Morgan fingerprint density at radius 1 is 1.37 bits per heavy atom. The number of ether oxygens (including phenoxy) is 2. The summed E-state index contributed by atoms with van der Waals surface area (Å²) in [6.07, 6.45) is 4.13. The molecule has 0 aromatic carbocycles. The van der Waals surface area contributed by atoms with Gasteiger partial charge in [0.15, 0.2) is 5.79 Å². The summed E-state index contributed by atoms with van der Waals surface area (Å²) < 4.78 is 11.4. The fourth-order valence-electron chi connectivity index (χ4n) is 2.84. The highest BCUT2D eigenvalue weighted by Crippen LogP contribution is 2.35. The molecule has 2 heterocycles. The van der Waals surface area contributed by atoms with Crippen molar-refractivity contribution < 1.29 is 14.3 Å². The van der Waals surface area contributed by atoms with Crippen LogP contribution < -0.4 is 5.32 Å². The quantitative estimate of drug-likeness (QED) is 0.923. The van der Waals surface area contributed by atoms with Crippen molar-refractivity contribution >= 4 is 17.2 Å². The van der Waals surface area contributed by atoms with E-state index < -0.39 is 0 Å². The number of thiophene rings is 1. The Morgan fingerprint density at radius 3 is 2.74 bits per heavy atom. The fraction of sp³-hybridized carbons (Fsp3) is 0.643. The predicted octanol–water partition coefficient (Wildman–Crippen LogP) is 2.09. The minimum Gasteiger partial charge on any atom is -0.353 e. The maximum atomic E-state index is 11.9. The third-order valence-electron chi connectivity index (χ3n) is 3.87. The largest absolute Gasteiger partial charge is 0.353 e. The molecule has 1 saturated heterocycles. The molecule has 1 amide bonds. The second kappa shape index (κ2) is 5.61. The second-order valence-electron chi connectivity index (χ2n) is 5.26. The Bertz CT molecular complexity index is 416. The molecule has 0 atom stereocenters. The molecule has 0 radical (unpaired) electrons. The van der Waals surface area contributed by atoms with E-state index in [1.165, 1.54) is 0 Å². The Balaban J connectivity index is 1.45. The van der Waals surface area contributed by atoms with Crippen molar-refractivity contribution in [2.45, 2.75) is 43.9 Å². The van der Waals surface area contributed by atoms with E-state index in [1.54, 1.807) is 11.3 Å². The molecule has 3 rings (SSSR count). The maximum absolute atomic E-state index is 11.9. The maximum Gasteiger partial charge on any atom is 0.224 e. The summed E-state index contributed by atoms with van der Waals surface area (Å²) in [5, 5.41) is 7.14. The molecular weight excluding hydrogens is 262 g/mol. The normalized spacial score (nSPS) is 22.7. The number of hydrogen-bond donors (Lipinski definition) is 1. The molecule has 5 heteroatoms. The molecule has 1 aliphatic carbocycles. The number of amides is 1. The van der Waals surface area contributed by atoms with Crippen molar-refractivity contribution in [1.82, 2.24) is 5.32 Å². The van der Waals surface area contributed by atoms with E-state index in [-0.39, 0.29) is 17.7 Å². The first-order valence-corrected chi connectivity index (χ1v) is 7.78. The zero-order valence-electron chi connectivity index (χ0n) is 10.9. The summed E-state index contributed by atoms with van der Waals surface area (Å²) in [5.74, 6) is -0.221. The molecule has 1 saturated carbocycles. The molecule has 1 spiro atoms. The van der Waals surface area contributed by atoms with Crippen LogP contribution >= 0.6 is 11.3 Å². The van der Waals surface area contributed by atoms with Crippen LogP contribution in [0.2, 0.25) is 0 Å². The summed E-state index contributed by atoms with van der Waals surface area (Å²) in [6.45, 7) is 1.41. The van der Waals surface area contributed by atoms with Gasteiger partial charge in [-0.2, -0.15) is 11.3 Å². The zero-order valence-corrected chi connectivity index (χ0v) is 11.7. The molecule has 1 aromatic rings. The van der Waals surface area contributed by atoms with E-state index in [0.29, 0.717) is 19.6 Å². The van der Waals surface area contributed by atoms with Gasteiger partial charge in [0.2, 0.25) is 5.91 Å². The molecule has 2 fully saturated rings. The average molecular weight is 281 g/mol. The smallest absolute Gasteiger partial charge is 0.224 e. The predicted molar refractivity (Wildman–Crippen MR) is 73.1 cm³/mol. The van der Waals surface area contributed by atoms with Crippen molar-refractivity contribution in [2.75, 3.05) is 13.2 Å². The Labute approximate surface area is 117 Å². The first-order valence-electron chi connectivity index (χ1n) is 6.84. The van der Waals surface area contributed by atoms with Gasteiger partial charge in [0, 0.05) is 18.9 Å². The van der Waals surface area contributed by atoms with Gasteiger partial charge in [-0.3, -0.25) is 4.79 Å². The summed E-state index contributed by atoms with van der Waals surface area (Å²) >= 11 is 1.63. The lowest BCUT2D eigenvalue weighted by Gasteiger charge is -2.35. The molecular formula is C14H19NO3S. The average Bonchev–Trinajstić information content (AvgIpc) is 3.05. The summed E-state index contributed by atoms with van der Waals surface area (Å²) in [7, 11) is 0. The lowest BCUT2D eigenvalue weighted by Crippen LogP contribution is -2.44. The van der Waals surface area contributed by atoms with Gasteiger partial charge in [0.1, 0.15) is 0 Å². The first kappa shape index (κ1) is 13.1. The molecule has 2 aliphatic rings. The van der Waals surface area contributed by atoms with Crippen LogP contribution in [0, 0.1) is 0 Å². The first-order chi connectivity index (χ1) is 9.26. The molecule has 1 aliphatic heterocycles. The standard InChI is InChI=1S/C14H19NO3S/c16-13(9-11-3-8-19-10-11)15-12-1-4-14(5-2-12)17-6-7-18-14/h3,8,10,12H,1-2,4-7,9H2,(H,15,16). The van der Waals surface area contributed by atoms with E-state index in [2.05, 4.69) is 5.32 Å². The lowest BCUT2D eigenvalue weighted by atomic mass is 9.90. The third kappa shape index (κ3) is 3.16. The highest BCUT2D eigenvalue weighted by Gasteiger charge is 2.40. The minimum absolute atomic E-state index is 0.118. The van der Waals surface area contributed by atoms with Crippen LogP contribution in [0.5, 0.6) is 0 Å². The van der Waals surface area contributed by atoms with Crippen molar-refractivity contribution in [1.29, 1.82) is 0 Å². The van der Waals surface area contributed by atoms with E-state index in [1.807, 2.05) is 16.8 Å². The number of nitrogens with one attached hydrogen (secondary N) is 1. The van der Waals surface area contributed by atoms with E-state index in [0.717, 1.165) is 31.2 Å². The Hall–Kier alpha value is -0.910. The minimum atomic E-state index is -0.339. The van der Waals surface area contributed by atoms with Gasteiger partial charge in [-0.15, -0.1) is 0 Å². The van der Waals surface area contributed by atoms with Crippen molar-refractivity contribution in [3.8, 4) is 0 Å². The Kier molecular flexibility index (Phi) is 3.86. The zero-order chi connectivity index (χ0) is 13.1. The van der Waals surface area contributed by atoms with Gasteiger partial charge in [-0.25, -0.2) is 0 Å². The van der Waals surface area contributed by atoms with Crippen molar-refractivity contribution in [3.05, 3.63) is 22.4 Å². The fourth-order valence-corrected chi connectivity index (χ4v) is 3.51. The SMILES string of the molecule is O=C(Cc1ccsc1)NC1CCC2(CC1)OCCO2. The molecule has 104 valence electrons. The van der Waals surface area contributed by atoms with Crippen LogP contribution in [-0.4, -0.2) is 30.9 Å². The third-order valence-corrected chi connectivity index (χ3v) is 4.60. The topological polar surface area (TPSA) is 47.6 Å². The molecule has 0 bridgehead atoms. The second-order valence-corrected chi connectivity index (χ2v) is 6.04. The summed E-state index contributed by atoms with van der Waals surface area (Å²) in [5.41, 5.74) is 1.09. The highest BCUT2D eigenvalue weighted by molar-refractivity contribution is 7.07. The molecule has 1 aromatic heterocycles. The molecule has 4 nitrogen and oxygen atoms in total. The van der Waals surface area contributed by atoms with Crippen molar-refractivity contribution in [2.24, 2.45) is 0 Å². The number of hydrogen-bond acceptors (Lipinski definition) is 4. The summed E-state index contributed by atoms with van der Waals surface area (Å²) in [6, 6.07) is 2.27. The number of carbonyl (C=O) groups excluding carboxylic acids is 1. The molecule has 0 unspecified atom stereocenters. The Morgan fingerprint density at radius 2 is 2.11 bits per heavy atom. The van der Waals surface area contributed by atoms with Crippen LogP contribution in [0.1, 0.15) is 31.2 Å². The van der Waals surface area contributed by atoms with Gasteiger partial charge in [-0.05, 0) is 35.2 Å². The van der Waals surface area contributed by atoms with E-state index >= 15 is 0 Å². The highest BCUT2D eigenvalue weighted by atomic mass is 32.1. The lowest BCUT2D eigenvalue weighted by molar-refractivity contribution is -0.180. The van der Waals surface area contributed by atoms with Crippen LogP contribution in [0.25, 0.3) is 0 Å². The van der Waals surface area contributed by atoms with Gasteiger partial charge >= 0.3 is 0 Å².